The second-order valence-electron chi connectivity index (χ2n) is 6.71. The van der Waals surface area contributed by atoms with Gasteiger partial charge in [0.05, 0.1) is 0 Å². The van der Waals surface area contributed by atoms with Crippen LogP contribution >= 0.6 is 11.6 Å². The van der Waals surface area contributed by atoms with E-state index < -0.39 is 0 Å². The summed E-state index contributed by atoms with van der Waals surface area (Å²) in [6.45, 7) is 0. The Morgan fingerprint density at radius 1 is 0.903 bits per heavy atom. The topological polar surface area (TPSA) is 80.3 Å². The number of pyridine rings is 1. The van der Waals surface area contributed by atoms with E-state index in [2.05, 4.69) is 15.6 Å². The van der Waals surface area contributed by atoms with E-state index in [4.69, 9.17) is 16.3 Å². The van der Waals surface area contributed by atoms with E-state index in [-0.39, 0.29) is 17.5 Å². The molecule has 0 aliphatic heterocycles. The number of rotatable bonds is 5. The minimum Gasteiger partial charge on any atom is -0.457 e. The van der Waals surface area contributed by atoms with E-state index in [0.717, 1.165) is 10.8 Å². The highest BCUT2D eigenvalue weighted by Crippen LogP contribution is 2.30. The van der Waals surface area contributed by atoms with Crippen LogP contribution in [0.25, 0.3) is 10.8 Å². The summed E-state index contributed by atoms with van der Waals surface area (Å²) in [5, 5.41) is 7.82. The fourth-order valence-corrected chi connectivity index (χ4v) is 3.22. The largest absolute Gasteiger partial charge is 0.457 e. The molecule has 0 aliphatic rings. The lowest BCUT2D eigenvalue weighted by Crippen LogP contribution is -2.18. The van der Waals surface area contributed by atoms with Crippen molar-refractivity contribution in [3.63, 3.8) is 0 Å². The van der Waals surface area contributed by atoms with Crippen LogP contribution < -0.4 is 15.4 Å². The zero-order valence-corrected chi connectivity index (χ0v) is 17.3. The molecule has 3 aromatic carbocycles. The molecule has 0 radical (unpaired) electrons. The molecule has 2 amide bonds. The summed E-state index contributed by atoms with van der Waals surface area (Å²) in [7, 11) is 1.55. The van der Waals surface area contributed by atoms with Crippen LogP contribution in [-0.2, 0) is 0 Å². The maximum atomic E-state index is 12.6. The normalized spacial score (nSPS) is 10.5. The second-order valence-corrected chi connectivity index (χ2v) is 7.14. The molecule has 4 rings (SSSR count). The number of amides is 2. The lowest BCUT2D eigenvalue weighted by atomic mass is 10.1. The number of halogens is 1. The molecule has 0 spiro atoms. The first-order chi connectivity index (χ1) is 15.0. The number of nitrogens with zero attached hydrogens (tertiary/aromatic N) is 1. The molecular weight excluding hydrogens is 414 g/mol. The van der Waals surface area contributed by atoms with Gasteiger partial charge in [0.1, 0.15) is 17.2 Å². The van der Waals surface area contributed by atoms with Gasteiger partial charge in [-0.25, -0.2) is 0 Å². The molecular formula is C24H18ClN3O3. The molecule has 31 heavy (non-hydrogen) atoms. The predicted octanol–water partition coefficient (Wildman–Crippen LogP) is 5.29. The van der Waals surface area contributed by atoms with Gasteiger partial charge in [-0.2, -0.15) is 0 Å². The molecule has 0 unspecified atom stereocenters. The SMILES string of the molecule is CNC(=O)c1cc(Oc2ccc3c(NC(=O)c4ccc(Cl)cc4)cccc3c2)ccn1. The van der Waals surface area contributed by atoms with E-state index in [9.17, 15) is 9.59 Å². The monoisotopic (exact) mass is 431 g/mol. The second kappa shape index (κ2) is 8.85. The van der Waals surface area contributed by atoms with Crippen LogP contribution in [0.2, 0.25) is 5.02 Å². The van der Waals surface area contributed by atoms with Crippen LogP contribution in [0.5, 0.6) is 11.5 Å². The van der Waals surface area contributed by atoms with Crippen molar-refractivity contribution in [3.05, 3.63) is 95.3 Å². The number of carbonyl (C=O) groups is 2. The van der Waals surface area contributed by atoms with Crippen LogP contribution in [0.1, 0.15) is 20.8 Å². The van der Waals surface area contributed by atoms with E-state index in [0.29, 0.717) is 27.8 Å². The number of carbonyl (C=O) groups excluding carboxylic acids is 2. The van der Waals surface area contributed by atoms with Crippen molar-refractivity contribution in [2.75, 3.05) is 12.4 Å². The number of aromatic nitrogens is 1. The van der Waals surface area contributed by atoms with Crippen molar-refractivity contribution < 1.29 is 14.3 Å². The average Bonchev–Trinajstić information content (AvgIpc) is 2.79. The number of hydrogen-bond donors (Lipinski definition) is 2. The van der Waals surface area contributed by atoms with Gasteiger partial charge >= 0.3 is 0 Å². The van der Waals surface area contributed by atoms with E-state index >= 15 is 0 Å². The number of anilines is 1. The van der Waals surface area contributed by atoms with Crippen molar-refractivity contribution in [1.29, 1.82) is 0 Å². The first-order valence-electron chi connectivity index (χ1n) is 9.49. The van der Waals surface area contributed by atoms with E-state index in [1.54, 1.807) is 49.5 Å². The average molecular weight is 432 g/mol. The number of nitrogens with one attached hydrogen (secondary N) is 2. The summed E-state index contributed by atoms with van der Waals surface area (Å²) in [6, 6.07) is 21.2. The third-order valence-electron chi connectivity index (χ3n) is 4.63. The number of fused-ring (bicyclic) bond motifs is 1. The van der Waals surface area contributed by atoms with E-state index in [1.165, 1.54) is 6.20 Å². The fourth-order valence-electron chi connectivity index (χ4n) is 3.09. The van der Waals surface area contributed by atoms with Crippen molar-refractivity contribution in [2.24, 2.45) is 0 Å². The lowest BCUT2D eigenvalue weighted by molar-refractivity contribution is 0.0957. The molecule has 0 atom stereocenters. The van der Waals surface area contributed by atoms with Crippen molar-refractivity contribution in [2.45, 2.75) is 0 Å². The highest BCUT2D eigenvalue weighted by atomic mass is 35.5. The third-order valence-corrected chi connectivity index (χ3v) is 4.89. The molecule has 1 heterocycles. The van der Waals surface area contributed by atoms with Gasteiger partial charge in [0, 0.05) is 41.0 Å². The zero-order valence-electron chi connectivity index (χ0n) is 16.6. The summed E-state index contributed by atoms with van der Waals surface area (Å²) >= 11 is 5.89. The van der Waals surface area contributed by atoms with Crippen LogP contribution in [0.3, 0.4) is 0 Å². The molecule has 154 valence electrons. The first-order valence-corrected chi connectivity index (χ1v) is 9.87. The molecule has 0 bridgehead atoms. The Morgan fingerprint density at radius 2 is 1.68 bits per heavy atom. The molecule has 0 saturated heterocycles. The summed E-state index contributed by atoms with van der Waals surface area (Å²) in [4.78, 5) is 28.4. The number of benzene rings is 3. The molecule has 0 fully saturated rings. The van der Waals surface area contributed by atoms with Crippen molar-refractivity contribution in [1.82, 2.24) is 10.3 Å². The van der Waals surface area contributed by atoms with Gasteiger partial charge in [0.15, 0.2) is 0 Å². The summed E-state index contributed by atoms with van der Waals surface area (Å²) in [5.74, 6) is 0.593. The predicted molar refractivity (Wildman–Crippen MR) is 121 cm³/mol. The molecule has 7 heteroatoms. The smallest absolute Gasteiger partial charge is 0.269 e. The molecule has 0 aliphatic carbocycles. The van der Waals surface area contributed by atoms with Gasteiger partial charge in [-0.3, -0.25) is 14.6 Å². The van der Waals surface area contributed by atoms with Crippen molar-refractivity contribution >= 4 is 39.9 Å². The van der Waals surface area contributed by atoms with Crippen LogP contribution in [0, 0.1) is 0 Å². The Morgan fingerprint density at radius 3 is 2.45 bits per heavy atom. The summed E-state index contributed by atoms with van der Waals surface area (Å²) in [6.07, 6.45) is 1.52. The van der Waals surface area contributed by atoms with E-state index in [1.807, 2.05) is 30.3 Å². The quantitative estimate of drug-likeness (QED) is 0.449. The first kappa shape index (κ1) is 20.4. The minimum absolute atomic E-state index is 0.219. The van der Waals surface area contributed by atoms with Gasteiger partial charge in [-0.1, -0.05) is 23.7 Å². The Labute approximate surface area is 183 Å². The van der Waals surface area contributed by atoms with Gasteiger partial charge in [0.2, 0.25) is 0 Å². The highest BCUT2D eigenvalue weighted by Gasteiger charge is 2.10. The molecule has 6 nitrogen and oxygen atoms in total. The standard InChI is InChI=1S/C24H18ClN3O3/c1-26-24(30)22-14-19(11-12-27-22)31-18-9-10-20-16(13-18)3-2-4-21(20)28-23(29)15-5-7-17(25)8-6-15/h2-14H,1H3,(H,26,30)(H,28,29). The van der Waals surface area contributed by atoms with Crippen LogP contribution in [0.15, 0.2) is 79.0 Å². The summed E-state index contributed by atoms with van der Waals surface area (Å²) < 4.78 is 5.90. The maximum absolute atomic E-state index is 12.6. The lowest BCUT2D eigenvalue weighted by Gasteiger charge is -2.11. The summed E-state index contributed by atoms with van der Waals surface area (Å²) in [5.41, 5.74) is 1.48. The fraction of sp³-hybridized carbons (Fsp3) is 0.0417. The maximum Gasteiger partial charge on any atom is 0.269 e. The Balaban J connectivity index is 1.57. The molecule has 2 N–H and O–H groups in total. The van der Waals surface area contributed by atoms with Gasteiger partial charge < -0.3 is 15.4 Å². The molecule has 4 aromatic rings. The van der Waals surface area contributed by atoms with Gasteiger partial charge in [0.25, 0.3) is 11.8 Å². The molecule has 1 aromatic heterocycles. The zero-order chi connectivity index (χ0) is 21.8. The van der Waals surface area contributed by atoms with Crippen LogP contribution in [-0.4, -0.2) is 23.8 Å². The third kappa shape index (κ3) is 4.65. The Bertz CT molecular complexity index is 1270. The minimum atomic E-state index is -0.287. The number of hydrogen-bond acceptors (Lipinski definition) is 4. The molecule has 0 saturated carbocycles. The Kier molecular flexibility index (Phi) is 5.82. The highest BCUT2D eigenvalue weighted by molar-refractivity contribution is 6.30. The van der Waals surface area contributed by atoms with Crippen LogP contribution in [0.4, 0.5) is 5.69 Å². The van der Waals surface area contributed by atoms with Gasteiger partial charge in [-0.05, 0) is 60.0 Å². The van der Waals surface area contributed by atoms with Crippen molar-refractivity contribution in [3.8, 4) is 11.5 Å². The number of ether oxygens (including phenoxy) is 1. The Hall–Kier alpha value is -3.90. The van der Waals surface area contributed by atoms with Gasteiger partial charge in [-0.15, -0.1) is 0 Å².